The minimum absolute atomic E-state index is 0.0922. The zero-order chi connectivity index (χ0) is 20.7. The molecule has 0 aliphatic carbocycles. The number of carbonyl (C=O) groups is 3. The van der Waals surface area contributed by atoms with E-state index in [0.717, 1.165) is 31.4 Å². The van der Waals surface area contributed by atoms with Gasteiger partial charge in [-0.05, 0) is 31.9 Å². The highest BCUT2D eigenvalue weighted by molar-refractivity contribution is 5.95. The number of halogens is 3. The predicted octanol–water partition coefficient (Wildman–Crippen LogP) is 2.90. The number of nitrogens with zero attached hydrogens (tertiary/aromatic N) is 2. The van der Waals surface area contributed by atoms with Crippen LogP contribution in [-0.2, 0) is 20.6 Å². The fraction of sp³-hybridized carbons (Fsp3) is 0.526. The van der Waals surface area contributed by atoms with Gasteiger partial charge in [0.05, 0.1) is 24.3 Å². The molecule has 28 heavy (non-hydrogen) atoms. The Bertz CT molecular complexity index is 722. The van der Waals surface area contributed by atoms with Crippen LogP contribution in [0.1, 0.15) is 38.2 Å². The molecule has 0 spiro atoms. The molecule has 1 heterocycles. The van der Waals surface area contributed by atoms with Crippen LogP contribution in [0.3, 0.4) is 0 Å². The molecule has 0 unspecified atom stereocenters. The highest BCUT2D eigenvalue weighted by Crippen LogP contribution is 2.34. The van der Waals surface area contributed by atoms with E-state index in [2.05, 4.69) is 5.32 Å². The summed E-state index contributed by atoms with van der Waals surface area (Å²) in [6, 6.07) is 4.66. The second-order valence-corrected chi connectivity index (χ2v) is 6.63. The predicted molar refractivity (Wildman–Crippen MR) is 97.4 cm³/mol. The van der Waals surface area contributed by atoms with E-state index in [-0.39, 0.29) is 31.2 Å². The lowest BCUT2D eigenvalue weighted by atomic mass is 10.1. The van der Waals surface area contributed by atoms with Crippen LogP contribution in [0.5, 0.6) is 0 Å². The second kappa shape index (κ2) is 9.57. The van der Waals surface area contributed by atoms with E-state index in [0.29, 0.717) is 13.0 Å². The Hall–Kier alpha value is -2.58. The van der Waals surface area contributed by atoms with Crippen molar-refractivity contribution in [3.05, 3.63) is 29.8 Å². The zero-order valence-electron chi connectivity index (χ0n) is 15.7. The standard InChI is InChI=1S/C19H24F3N3O3/c1-2-24(18(28)13-25-11-7-3-4-10-17(25)27)12-16(26)23-15-9-6-5-8-14(15)19(20,21)22/h5-6,8-9H,2-4,7,10-13H2,1H3,(H,23,26). The molecule has 0 radical (unpaired) electrons. The first-order valence-corrected chi connectivity index (χ1v) is 9.24. The van der Waals surface area contributed by atoms with E-state index in [1.165, 1.54) is 21.9 Å². The van der Waals surface area contributed by atoms with Crippen LogP contribution in [0, 0.1) is 0 Å². The third kappa shape index (κ3) is 5.97. The van der Waals surface area contributed by atoms with E-state index in [1.807, 2.05) is 0 Å². The molecule has 0 aromatic heterocycles. The van der Waals surface area contributed by atoms with Crippen molar-refractivity contribution in [1.82, 2.24) is 9.80 Å². The fourth-order valence-corrected chi connectivity index (χ4v) is 3.05. The molecule has 1 saturated heterocycles. The van der Waals surface area contributed by atoms with Gasteiger partial charge in [-0.2, -0.15) is 13.2 Å². The highest BCUT2D eigenvalue weighted by atomic mass is 19.4. The van der Waals surface area contributed by atoms with Gasteiger partial charge in [0.25, 0.3) is 0 Å². The lowest BCUT2D eigenvalue weighted by Crippen LogP contribution is -2.45. The summed E-state index contributed by atoms with van der Waals surface area (Å²) in [6.07, 6.45) is -1.66. The van der Waals surface area contributed by atoms with Gasteiger partial charge in [-0.25, -0.2) is 0 Å². The highest BCUT2D eigenvalue weighted by Gasteiger charge is 2.33. The Morgan fingerprint density at radius 3 is 2.57 bits per heavy atom. The van der Waals surface area contributed by atoms with Crippen molar-refractivity contribution in [2.75, 3.05) is 31.5 Å². The number of nitrogens with one attached hydrogen (secondary N) is 1. The number of anilines is 1. The Morgan fingerprint density at radius 1 is 1.18 bits per heavy atom. The van der Waals surface area contributed by atoms with Crippen LogP contribution in [0.25, 0.3) is 0 Å². The number of carbonyl (C=O) groups excluding carboxylic acids is 3. The van der Waals surface area contributed by atoms with Crippen LogP contribution < -0.4 is 5.32 Å². The zero-order valence-corrected chi connectivity index (χ0v) is 15.7. The van der Waals surface area contributed by atoms with Gasteiger partial charge in [0.2, 0.25) is 17.7 Å². The monoisotopic (exact) mass is 399 g/mol. The lowest BCUT2D eigenvalue weighted by Gasteiger charge is -2.26. The number of hydrogen-bond donors (Lipinski definition) is 1. The molecule has 1 aliphatic heterocycles. The lowest BCUT2D eigenvalue weighted by molar-refractivity contribution is -0.141. The molecular weight excluding hydrogens is 375 g/mol. The fourth-order valence-electron chi connectivity index (χ4n) is 3.05. The van der Waals surface area contributed by atoms with Crippen molar-refractivity contribution in [2.45, 2.75) is 38.8 Å². The number of para-hydroxylation sites is 1. The number of benzene rings is 1. The Morgan fingerprint density at radius 2 is 1.89 bits per heavy atom. The third-order valence-electron chi connectivity index (χ3n) is 4.57. The van der Waals surface area contributed by atoms with Crippen molar-refractivity contribution in [3.8, 4) is 0 Å². The van der Waals surface area contributed by atoms with Crippen molar-refractivity contribution in [1.29, 1.82) is 0 Å². The summed E-state index contributed by atoms with van der Waals surface area (Å²) in [4.78, 5) is 39.4. The number of likely N-dealkylation sites (N-methyl/N-ethyl adjacent to an activating group) is 1. The summed E-state index contributed by atoms with van der Waals surface area (Å²) >= 11 is 0. The van der Waals surface area contributed by atoms with Gasteiger partial charge in [-0.3, -0.25) is 14.4 Å². The quantitative estimate of drug-likeness (QED) is 0.800. The van der Waals surface area contributed by atoms with E-state index in [1.54, 1.807) is 6.92 Å². The van der Waals surface area contributed by atoms with Crippen LogP contribution in [0.4, 0.5) is 18.9 Å². The molecule has 1 aromatic rings. The van der Waals surface area contributed by atoms with E-state index < -0.39 is 23.6 Å². The van der Waals surface area contributed by atoms with Crippen molar-refractivity contribution in [2.24, 2.45) is 0 Å². The van der Waals surface area contributed by atoms with Crippen LogP contribution in [0.2, 0.25) is 0 Å². The van der Waals surface area contributed by atoms with E-state index in [9.17, 15) is 27.6 Å². The molecular formula is C19H24F3N3O3. The Kier molecular flexibility index (Phi) is 7.42. The summed E-state index contributed by atoms with van der Waals surface area (Å²) in [5.74, 6) is -1.23. The summed E-state index contributed by atoms with van der Waals surface area (Å²) in [5, 5.41) is 2.23. The number of likely N-dealkylation sites (tertiary alicyclic amines) is 1. The van der Waals surface area contributed by atoms with Gasteiger partial charge in [0.1, 0.15) is 0 Å². The van der Waals surface area contributed by atoms with Gasteiger partial charge in [-0.1, -0.05) is 18.6 Å². The molecule has 3 amide bonds. The smallest absolute Gasteiger partial charge is 0.333 e. The molecule has 0 bridgehead atoms. The van der Waals surface area contributed by atoms with E-state index >= 15 is 0 Å². The summed E-state index contributed by atoms with van der Waals surface area (Å²) in [5.41, 5.74) is -1.31. The second-order valence-electron chi connectivity index (χ2n) is 6.63. The number of hydrogen-bond acceptors (Lipinski definition) is 3. The number of alkyl halides is 3. The number of rotatable bonds is 6. The van der Waals surface area contributed by atoms with Gasteiger partial charge in [-0.15, -0.1) is 0 Å². The van der Waals surface area contributed by atoms with E-state index in [4.69, 9.17) is 0 Å². The minimum Gasteiger partial charge on any atom is -0.333 e. The molecule has 1 N–H and O–H groups in total. The average Bonchev–Trinajstić information content (AvgIpc) is 2.83. The van der Waals surface area contributed by atoms with Crippen LogP contribution in [-0.4, -0.2) is 53.7 Å². The van der Waals surface area contributed by atoms with Crippen LogP contribution in [0.15, 0.2) is 24.3 Å². The molecule has 2 rings (SSSR count). The molecule has 9 heteroatoms. The molecule has 0 atom stereocenters. The molecule has 1 aliphatic rings. The van der Waals surface area contributed by atoms with Crippen molar-refractivity contribution >= 4 is 23.4 Å². The maximum atomic E-state index is 13.0. The van der Waals surface area contributed by atoms with Crippen molar-refractivity contribution in [3.63, 3.8) is 0 Å². The molecule has 1 fully saturated rings. The summed E-state index contributed by atoms with van der Waals surface area (Å²) < 4.78 is 39.1. The largest absolute Gasteiger partial charge is 0.418 e. The topological polar surface area (TPSA) is 69.7 Å². The summed E-state index contributed by atoms with van der Waals surface area (Å²) in [6.45, 7) is 1.85. The SMILES string of the molecule is CCN(CC(=O)Nc1ccccc1C(F)(F)F)C(=O)CN1CCCCCC1=O. The molecule has 0 saturated carbocycles. The average molecular weight is 399 g/mol. The summed E-state index contributed by atoms with van der Waals surface area (Å²) in [7, 11) is 0. The number of amides is 3. The first-order chi connectivity index (χ1) is 13.2. The molecule has 6 nitrogen and oxygen atoms in total. The first kappa shape index (κ1) is 21.7. The normalized spacial score (nSPS) is 15.1. The van der Waals surface area contributed by atoms with Gasteiger partial charge in [0, 0.05) is 19.5 Å². The first-order valence-electron chi connectivity index (χ1n) is 9.24. The minimum atomic E-state index is -4.60. The molecule has 1 aromatic carbocycles. The Balaban J connectivity index is 1.99. The van der Waals surface area contributed by atoms with Gasteiger partial charge < -0.3 is 15.1 Å². The maximum Gasteiger partial charge on any atom is 0.418 e. The van der Waals surface area contributed by atoms with Gasteiger partial charge in [0.15, 0.2) is 0 Å². The maximum absolute atomic E-state index is 13.0. The third-order valence-corrected chi connectivity index (χ3v) is 4.57. The van der Waals surface area contributed by atoms with Crippen molar-refractivity contribution < 1.29 is 27.6 Å². The van der Waals surface area contributed by atoms with Crippen LogP contribution >= 0.6 is 0 Å². The Labute approximate surface area is 161 Å². The van der Waals surface area contributed by atoms with Gasteiger partial charge >= 0.3 is 6.18 Å². The molecule has 154 valence electrons.